The van der Waals surface area contributed by atoms with Gasteiger partial charge in [-0.25, -0.2) is 5.01 Å². The first-order valence-corrected chi connectivity index (χ1v) is 3.00. The van der Waals surface area contributed by atoms with Crippen molar-refractivity contribution < 1.29 is 5.11 Å². The third-order valence-corrected chi connectivity index (χ3v) is 1.51. The SMILES string of the molecule is NN1CCCCC1O. The Balaban J connectivity index is 2.28. The van der Waals surface area contributed by atoms with Gasteiger partial charge in [-0.3, -0.25) is 5.84 Å². The van der Waals surface area contributed by atoms with Crippen LogP contribution in [0.5, 0.6) is 0 Å². The lowest BCUT2D eigenvalue weighted by atomic mass is 10.1. The van der Waals surface area contributed by atoms with Gasteiger partial charge in [0.05, 0.1) is 0 Å². The molecule has 0 aromatic carbocycles. The lowest BCUT2D eigenvalue weighted by Crippen LogP contribution is -2.44. The second-order valence-electron chi connectivity index (χ2n) is 2.21. The van der Waals surface area contributed by atoms with Gasteiger partial charge in [0.25, 0.3) is 0 Å². The number of aliphatic hydroxyl groups excluding tert-OH is 1. The van der Waals surface area contributed by atoms with Gasteiger partial charge in [0.15, 0.2) is 0 Å². The molecule has 0 bridgehead atoms. The van der Waals surface area contributed by atoms with Crippen LogP contribution in [-0.2, 0) is 0 Å². The molecular formula is C5H12N2O. The number of hydrazine groups is 1. The van der Waals surface area contributed by atoms with Crippen molar-refractivity contribution in [2.45, 2.75) is 25.5 Å². The van der Waals surface area contributed by atoms with Crippen LogP contribution in [0.15, 0.2) is 0 Å². The van der Waals surface area contributed by atoms with Crippen LogP contribution in [-0.4, -0.2) is 22.9 Å². The van der Waals surface area contributed by atoms with Gasteiger partial charge >= 0.3 is 0 Å². The summed E-state index contributed by atoms with van der Waals surface area (Å²) >= 11 is 0. The number of aliphatic hydroxyl groups is 1. The van der Waals surface area contributed by atoms with Crippen molar-refractivity contribution in [1.29, 1.82) is 0 Å². The van der Waals surface area contributed by atoms with E-state index in [1.54, 1.807) is 0 Å². The summed E-state index contributed by atoms with van der Waals surface area (Å²) in [5.74, 6) is 5.36. The van der Waals surface area contributed by atoms with Crippen molar-refractivity contribution in [2.75, 3.05) is 6.54 Å². The van der Waals surface area contributed by atoms with E-state index in [0.717, 1.165) is 25.8 Å². The van der Waals surface area contributed by atoms with Crippen molar-refractivity contribution in [2.24, 2.45) is 5.84 Å². The van der Waals surface area contributed by atoms with E-state index in [1.165, 1.54) is 5.01 Å². The number of rotatable bonds is 0. The standard InChI is InChI=1S/C5H12N2O/c6-7-4-2-1-3-5(7)8/h5,8H,1-4,6H2. The predicted octanol–water partition coefficient (Wildman–Crippen LogP) is -0.336. The Hall–Kier alpha value is -0.120. The molecule has 8 heavy (non-hydrogen) atoms. The molecule has 1 unspecified atom stereocenters. The lowest BCUT2D eigenvalue weighted by molar-refractivity contribution is -0.0244. The fourth-order valence-corrected chi connectivity index (χ4v) is 0.936. The fraction of sp³-hybridized carbons (Fsp3) is 1.00. The number of piperidine rings is 1. The average Bonchev–Trinajstić information content (AvgIpc) is 1.77. The molecule has 0 spiro atoms. The monoisotopic (exact) mass is 116 g/mol. The van der Waals surface area contributed by atoms with Gasteiger partial charge in [-0.05, 0) is 19.3 Å². The molecule has 1 rings (SSSR count). The molecule has 1 heterocycles. The first-order valence-electron chi connectivity index (χ1n) is 3.00. The highest BCUT2D eigenvalue weighted by atomic mass is 16.3. The quantitative estimate of drug-likeness (QED) is 0.426. The molecule has 1 saturated heterocycles. The minimum Gasteiger partial charge on any atom is -0.377 e. The highest BCUT2D eigenvalue weighted by molar-refractivity contribution is 4.61. The van der Waals surface area contributed by atoms with E-state index in [2.05, 4.69) is 0 Å². The fourth-order valence-electron chi connectivity index (χ4n) is 0.936. The van der Waals surface area contributed by atoms with Crippen molar-refractivity contribution in [3.8, 4) is 0 Å². The zero-order valence-corrected chi connectivity index (χ0v) is 4.88. The molecule has 1 aliphatic rings. The van der Waals surface area contributed by atoms with Crippen molar-refractivity contribution in [3.63, 3.8) is 0 Å². The van der Waals surface area contributed by atoms with E-state index in [1.807, 2.05) is 0 Å². The average molecular weight is 116 g/mol. The zero-order chi connectivity index (χ0) is 5.98. The Morgan fingerprint density at radius 3 is 2.62 bits per heavy atom. The Bertz CT molecular complexity index is 66.8. The molecule has 0 aromatic heterocycles. The van der Waals surface area contributed by atoms with Gasteiger partial charge in [0.2, 0.25) is 0 Å². The highest BCUT2D eigenvalue weighted by Crippen LogP contribution is 2.09. The summed E-state index contributed by atoms with van der Waals surface area (Å²) < 4.78 is 0. The Kier molecular flexibility index (Phi) is 1.83. The molecule has 0 radical (unpaired) electrons. The molecule has 3 heteroatoms. The molecule has 3 nitrogen and oxygen atoms in total. The van der Waals surface area contributed by atoms with Gasteiger partial charge in [-0.2, -0.15) is 0 Å². The van der Waals surface area contributed by atoms with Gasteiger partial charge in [-0.15, -0.1) is 0 Å². The molecule has 1 aliphatic heterocycles. The summed E-state index contributed by atoms with van der Waals surface area (Å²) in [6.07, 6.45) is 2.67. The molecule has 48 valence electrons. The summed E-state index contributed by atoms with van der Waals surface area (Å²) in [5.41, 5.74) is 0. The number of hydrogen-bond donors (Lipinski definition) is 2. The predicted molar refractivity (Wildman–Crippen MR) is 30.8 cm³/mol. The minimum absolute atomic E-state index is 0.385. The minimum atomic E-state index is -0.385. The normalized spacial score (nSPS) is 33.0. The van der Waals surface area contributed by atoms with Crippen LogP contribution in [0.3, 0.4) is 0 Å². The smallest absolute Gasteiger partial charge is 0.119 e. The van der Waals surface area contributed by atoms with Gasteiger partial charge in [0.1, 0.15) is 6.23 Å². The van der Waals surface area contributed by atoms with Crippen LogP contribution in [0.2, 0.25) is 0 Å². The summed E-state index contributed by atoms with van der Waals surface area (Å²) in [5, 5.41) is 10.5. The maximum absolute atomic E-state index is 8.98. The Labute approximate surface area is 49.1 Å². The topological polar surface area (TPSA) is 49.5 Å². The van der Waals surface area contributed by atoms with E-state index >= 15 is 0 Å². The Morgan fingerprint density at radius 2 is 2.25 bits per heavy atom. The first kappa shape index (κ1) is 6.01. The largest absolute Gasteiger partial charge is 0.377 e. The van der Waals surface area contributed by atoms with Gasteiger partial charge < -0.3 is 5.11 Å². The first-order chi connectivity index (χ1) is 3.80. The molecule has 3 N–H and O–H groups in total. The zero-order valence-electron chi connectivity index (χ0n) is 4.88. The molecule has 1 atom stereocenters. The molecule has 1 fully saturated rings. The Morgan fingerprint density at radius 1 is 1.50 bits per heavy atom. The van der Waals surface area contributed by atoms with E-state index in [4.69, 9.17) is 10.9 Å². The van der Waals surface area contributed by atoms with E-state index in [-0.39, 0.29) is 6.23 Å². The van der Waals surface area contributed by atoms with Crippen molar-refractivity contribution in [1.82, 2.24) is 5.01 Å². The van der Waals surface area contributed by atoms with E-state index in [0.29, 0.717) is 0 Å². The maximum atomic E-state index is 8.98. The van der Waals surface area contributed by atoms with Crippen LogP contribution < -0.4 is 5.84 Å². The van der Waals surface area contributed by atoms with E-state index in [9.17, 15) is 0 Å². The molecular weight excluding hydrogens is 104 g/mol. The molecule has 0 aliphatic carbocycles. The molecule has 0 aromatic rings. The number of nitrogens with zero attached hydrogens (tertiary/aromatic N) is 1. The van der Waals surface area contributed by atoms with Crippen molar-refractivity contribution >= 4 is 0 Å². The van der Waals surface area contributed by atoms with Crippen LogP contribution >= 0.6 is 0 Å². The maximum Gasteiger partial charge on any atom is 0.119 e. The molecule has 0 amide bonds. The van der Waals surface area contributed by atoms with Crippen LogP contribution in [0, 0.1) is 0 Å². The lowest BCUT2D eigenvalue weighted by Gasteiger charge is -2.26. The summed E-state index contributed by atoms with van der Waals surface area (Å²) in [6.45, 7) is 0.834. The van der Waals surface area contributed by atoms with Gasteiger partial charge in [-0.1, -0.05) is 0 Å². The highest BCUT2D eigenvalue weighted by Gasteiger charge is 2.14. The van der Waals surface area contributed by atoms with Crippen molar-refractivity contribution in [3.05, 3.63) is 0 Å². The second kappa shape index (κ2) is 2.44. The second-order valence-corrected chi connectivity index (χ2v) is 2.21. The van der Waals surface area contributed by atoms with Crippen LogP contribution in [0.4, 0.5) is 0 Å². The summed E-state index contributed by atoms with van der Waals surface area (Å²) in [4.78, 5) is 0. The summed E-state index contributed by atoms with van der Waals surface area (Å²) in [7, 11) is 0. The van der Waals surface area contributed by atoms with Gasteiger partial charge in [0, 0.05) is 6.54 Å². The molecule has 0 saturated carbocycles. The van der Waals surface area contributed by atoms with Crippen LogP contribution in [0.25, 0.3) is 0 Å². The van der Waals surface area contributed by atoms with E-state index < -0.39 is 0 Å². The number of hydrogen-bond acceptors (Lipinski definition) is 3. The number of nitrogens with two attached hydrogens (primary N) is 1. The third-order valence-electron chi connectivity index (χ3n) is 1.51. The third kappa shape index (κ3) is 1.18. The summed E-state index contributed by atoms with van der Waals surface area (Å²) in [6, 6.07) is 0. The van der Waals surface area contributed by atoms with Crippen LogP contribution in [0.1, 0.15) is 19.3 Å².